The van der Waals surface area contributed by atoms with Crippen LogP contribution in [-0.4, -0.2) is 45.1 Å². The lowest BCUT2D eigenvalue weighted by molar-refractivity contribution is 0.0954. The van der Waals surface area contributed by atoms with Crippen LogP contribution in [0.5, 0.6) is 11.5 Å². The van der Waals surface area contributed by atoms with Crippen LogP contribution in [0.3, 0.4) is 0 Å². The highest BCUT2D eigenvalue weighted by molar-refractivity contribution is 5.94. The normalized spacial score (nSPS) is 10.4. The second kappa shape index (κ2) is 9.92. The molecule has 10 heteroatoms. The molecule has 156 valence electrons. The van der Waals surface area contributed by atoms with E-state index in [2.05, 4.69) is 20.9 Å². The third-order valence-corrected chi connectivity index (χ3v) is 4.06. The fraction of sp³-hybridized carbons (Fsp3) is 0.200. The molecule has 0 aliphatic heterocycles. The maximum atomic E-state index is 12.1. The molecule has 0 saturated heterocycles. The summed E-state index contributed by atoms with van der Waals surface area (Å²) in [6.45, 7) is 1.27. The van der Waals surface area contributed by atoms with E-state index in [9.17, 15) is 14.7 Å². The van der Waals surface area contributed by atoms with Gasteiger partial charge in [-0.3, -0.25) is 4.79 Å². The first-order valence-corrected chi connectivity index (χ1v) is 9.21. The van der Waals surface area contributed by atoms with Gasteiger partial charge in [0.05, 0.1) is 12.7 Å². The molecule has 0 bridgehead atoms. The number of phenolic OH excluding ortho intramolecular Hbond substituents is 1. The predicted octanol–water partition coefficient (Wildman–Crippen LogP) is 1.01. The molecular formula is C20H22N6O4. The molecule has 3 aromatic rings. The lowest BCUT2D eigenvalue weighted by atomic mass is 10.1. The Labute approximate surface area is 172 Å². The minimum atomic E-state index is -0.629. The van der Waals surface area contributed by atoms with Crippen molar-refractivity contribution in [2.75, 3.05) is 13.1 Å². The number of amides is 3. The molecule has 1 heterocycles. The summed E-state index contributed by atoms with van der Waals surface area (Å²) in [6, 6.07) is 13.0. The van der Waals surface area contributed by atoms with Gasteiger partial charge in [0.25, 0.3) is 5.91 Å². The Morgan fingerprint density at radius 2 is 1.87 bits per heavy atom. The quantitative estimate of drug-likeness (QED) is 0.388. The number of rotatable bonds is 9. The van der Waals surface area contributed by atoms with Crippen molar-refractivity contribution < 1.29 is 19.4 Å². The van der Waals surface area contributed by atoms with Crippen LogP contribution in [0.25, 0.3) is 0 Å². The Bertz CT molecular complexity index is 1000. The van der Waals surface area contributed by atoms with E-state index in [-0.39, 0.29) is 31.4 Å². The Kier molecular flexibility index (Phi) is 6.83. The monoisotopic (exact) mass is 410 g/mol. The molecule has 0 atom stereocenters. The fourth-order valence-electron chi connectivity index (χ4n) is 2.62. The third kappa shape index (κ3) is 6.23. The number of aromatic nitrogens is 3. The summed E-state index contributed by atoms with van der Waals surface area (Å²) in [6.07, 6.45) is 1.77. The largest absolute Gasteiger partial charge is 0.508 e. The standard InChI is InChI=1S/C20H22N6O4/c21-20(29)23-9-8-22-19(28)15-6-4-14(5-7-15)11-26-12-16(24-25-26)13-30-18-3-1-2-17(27)10-18/h1-7,10,12,27H,8-9,11,13H2,(H,22,28)(H3,21,23,29). The highest BCUT2D eigenvalue weighted by Crippen LogP contribution is 2.18. The number of hydrogen-bond acceptors (Lipinski definition) is 6. The van der Waals surface area contributed by atoms with Gasteiger partial charge in [-0.2, -0.15) is 0 Å². The number of aromatic hydroxyl groups is 1. The summed E-state index contributed by atoms with van der Waals surface area (Å²) in [7, 11) is 0. The number of urea groups is 1. The topological polar surface area (TPSA) is 144 Å². The lowest BCUT2D eigenvalue weighted by Gasteiger charge is -2.07. The molecule has 0 aliphatic rings. The van der Waals surface area contributed by atoms with E-state index in [0.29, 0.717) is 23.6 Å². The van der Waals surface area contributed by atoms with Crippen molar-refractivity contribution in [1.82, 2.24) is 25.6 Å². The molecule has 0 fully saturated rings. The van der Waals surface area contributed by atoms with Crippen molar-refractivity contribution in [2.24, 2.45) is 5.73 Å². The van der Waals surface area contributed by atoms with Gasteiger partial charge in [-0.05, 0) is 29.8 Å². The van der Waals surface area contributed by atoms with Crippen molar-refractivity contribution in [1.29, 1.82) is 0 Å². The molecule has 0 aliphatic carbocycles. The van der Waals surface area contributed by atoms with Gasteiger partial charge in [-0.15, -0.1) is 5.10 Å². The molecular weight excluding hydrogens is 388 g/mol. The first kappa shape index (κ1) is 20.6. The summed E-state index contributed by atoms with van der Waals surface area (Å²) in [5.74, 6) is 0.444. The lowest BCUT2D eigenvalue weighted by Crippen LogP contribution is -2.37. The van der Waals surface area contributed by atoms with Crippen molar-refractivity contribution >= 4 is 11.9 Å². The van der Waals surface area contributed by atoms with E-state index < -0.39 is 6.03 Å². The molecule has 0 radical (unpaired) electrons. The molecule has 0 saturated carbocycles. The first-order chi connectivity index (χ1) is 14.5. The van der Waals surface area contributed by atoms with E-state index in [1.54, 1.807) is 41.2 Å². The summed E-state index contributed by atoms with van der Waals surface area (Å²) < 4.78 is 7.25. The number of ether oxygens (including phenoxy) is 1. The van der Waals surface area contributed by atoms with Crippen LogP contribution in [0.4, 0.5) is 4.79 Å². The molecule has 5 N–H and O–H groups in total. The number of carbonyl (C=O) groups is 2. The zero-order valence-electron chi connectivity index (χ0n) is 16.1. The van der Waals surface area contributed by atoms with Crippen LogP contribution in [0.15, 0.2) is 54.7 Å². The number of nitrogens with zero attached hydrogens (tertiary/aromatic N) is 3. The highest BCUT2D eigenvalue weighted by Gasteiger charge is 2.07. The zero-order chi connectivity index (χ0) is 21.3. The van der Waals surface area contributed by atoms with Gasteiger partial charge in [-0.25, -0.2) is 9.48 Å². The van der Waals surface area contributed by atoms with E-state index in [0.717, 1.165) is 5.56 Å². The Hall–Kier alpha value is -4.08. The zero-order valence-corrected chi connectivity index (χ0v) is 16.1. The first-order valence-electron chi connectivity index (χ1n) is 9.21. The Balaban J connectivity index is 1.48. The van der Waals surface area contributed by atoms with Gasteiger partial charge in [0.15, 0.2) is 0 Å². The highest BCUT2D eigenvalue weighted by atomic mass is 16.5. The second-order valence-corrected chi connectivity index (χ2v) is 6.44. The molecule has 0 unspecified atom stereocenters. The molecule has 2 aromatic carbocycles. The Morgan fingerprint density at radius 3 is 2.60 bits per heavy atom. The van der Waals surface area contributed by atoms with Gasteiger partial charge in [-0.1, -0.05) is 23.4 Å². The second-order valence-electron chi connectivity index (χ2n) is 6.44. The van der Waals surface area contributed by atoms with Gasteiger partial charge in [0.1, 0.15) is 23.8 Å². The molecule has 30 heavy (non-hydrogen) atoms. The van der Waals surface area contributed by atoms with Gasteiger partial charge in [0.2, 0.25) is 0 Å². The van der Waals surface area contributed by atoms with Crippen molar-refractivity contribution in [3.05, 3.63) is 71.5 Å². The summed E-state index contributed by atoms with van der Waals surface area (Å²) in [4.78, 5) is 22.6. The summed E-state index contributed by atoms with van der Waals surface area (Å²) in [5, 5.41) is 22.7. The van der Waals surface area contributed by atoms with Crippen LogP contribution in [0.1, 0.15) is 21.6 Å². The van der Waals surface area contributed by atoms with Crippen LogP contribution < -0.4 is 21.1 Å². The van der Waals surface area contributed by atoms with Gasteiger partial charge >= 0.3 is 6.03 Å². The van der Waals surface area contributed by atoms with Crippen LogP contribution in [0.2, 0.25) is 0 Å². The van der Waals surface area contributed by atoms with E-state index in [4.69, 9.17) is 10.5 Å². The van der Waals surface area contributed by atoms with E-state index >= 15 is 0 Å². The van der Waals surface area contributed by atoms with Gasteiger partial charge in [0, 0.05) is 24.7 Å². The average Bonchev–Trinajstić information content (AvgIpc) is 3.17. The number of primary amides is 1. The minimum absolute atomic E-state index is 0.135. The number of benzene rings is 2. The molecule has 10 nitrogen and oxygen atoms in total. The number of phenols is 1. The average molecular weight is 410 g/mol. The SMILES string of the molecule is NC(=O)NCCNC(=O)c1ccc(Cn2cc(COc3cccc(O)c3)nn2)cc1. The smallest absolute Gasteiger partial charge is 0.312 e. The number of hydrogen-bond donors (Lipinski definition) is 4. The van der Waals surface area contributed by atoms with Gasteiger partial charge < -0.3 is 26.2 Å². The van der Waals surface area contributed by atoms with E-state index in [1.165, 1.54) is 6.07 Å². The maximum Gasteiger partial charge on any atom is 0.312 e. The maximum absolute atomic E-state index is 12.1. The van der Waals surface area contributed by atoms with Crippen LogP contribution in [0, 0.1) is 0 Å². The fourth-order valence-corrected chi connectivity index (χ4v) is 2.62. The van der Waals surface area contributed by atoms with Crippen molar-refractivity contribution in [2.45, 2.75) is 13.2 Å². The number of carbonyl (C=O) groups excluding carboxylic acids is 2. The molecule has 0 spiro atoms. The molecule has 3 amide bonds. The van der Waals surface area contributed by atoms with Crippen LogP contribution in [-0.2, 0) is 13.2 Å². The summed E-state index contributed by atoms with van der Waals surface area (Å²) in [5.41, 5.74) is 7.07. The number of nitrogens with two attached hydrogens (primary N) is 1. The molecule has 1 aromatic heterocycles. The molecule has 3 rings (SSSR count). The predicted molar refractivity (Wildman–Crippen MR) is 108 cm³/mol. The summed E-state index contributed by atoms with van der Waals surface area (Å²) >= 11 is 0. The third-order valence-electron chi connectivity index (χ3n) is 4.06. The van der Waals surface area contributed by atoms with Crippen LogP contribution >= 0.6 is 0 Å². The Morgan fingerprint density at radius 1 is 1.10 bits per heavy atom. The number of nitrogens with one attached hydrogen (secondary N) is 2. The minimum Gasteiger partial charge on any atom is -0.508 e. The van der Waals surface area contributed by atoms with E-state index in [1.807, 2.05) is 12.1 Å². The van der Waals surface area contributed by atoms with Crippen molar-refractivity contribution in [3.8, 4) is 11.5 Å². The van der Waals surface area contributed by atoms with Crippen molar-refractivity contribution in [3.63, 3.8) is 0 Å².